The lowest BCUT2D eigenvalue weighted by molar-refractivity contribution is -0.493. The van der Waals surface area contributed by atoms with Gasteiger partial charge in [0.2, 0.25) is 5.82 Å². The molecule has 4 rings (SSSR count). The van der Waals surface area contributed by atoms with Gasteiger partial charge in [-0.05, 0) is 30.4 Å². The number of hydrogen-bond donors (Lipinski definition) is 3. The fourth-order valence-corrected chi connectivity index (χ4v) is 2.80. The molecule has 0 bridgehead atoms. The Balaban J connectivity index is 1.69. The van der Waals surface area contributed by atoms with Gasteiger partial charge in [-0.2, -0.15) is 13.2 Å². The number of halogens is 3. The number of hydroxylamine groups is 1. The molecule has 0 amide bonds. The minimum atomic E-state index is -4.51. The van der Waals surface area contributed by atoms with Gasteiger partial charge in [0.15, 0.2) is 18.7 Å². The smallest absolute Gasteiger partial charge is 0.431 e. The van der Waals surface area contributed by atoms with Crippen molar-refractivity contribution in [2.75, 3.05) is 17.8 Å². The first kappa shape index (κ1) is 19.2. The van der Waals surface area contributed by atoms with Crippen LogP contribution >= 0.6 is 0 Å². The molecule has 0 radical (unpaired) electrons. The molecule has 154 valence electrons. The third-order valence-electron chi connectivity index (χ3n) is 4.05. The van der Waals surface area contributed by atoms with Crippen LogP contribution in [0.5, 0.6) is 0 Å². The maximum atomic E-state index is 13.1. The van der Waals surface area contributed by atoms with E-state index in [1.165, 1.54) is 25.4 Å². The second-order valence-corrected chi connectivity index (χ2v) is 6.25. The maximum absolute atomic E-state index is 13.1. The van der Waals surface area contributed by atoms with Gasteiger partial charge in [-0.3, -0.25) is 10.1 Å². The van der Waals surface area contributed by atoms with E-state index in [0.29, 0.717) is 22.1 Å². The molecule has 0 saturated heterocycles. The molecular weight excluding hydrogens is 401 g/mol. The number of aliphatic imine (C=N–C) groups is 1. The van der Waals surface area contributed by atoms with Crippen LogP contribution < -0.4 is 16.1 Å². The van der Waals surface area contributed by atoms with E-state index in [2.05, 4.69) is 31.2 Å². The van der Waals surface area contributed by atoms with Gasteiger partial charge in [-0.25, -0.2) is 9.98 Å². The molecule has 3 N–H and O–H groups in total. The first-order valence-electron chi connectivity index (χ1n) is 8.65. The van der Waals surface area contributed by atoms with E-state index >= 15 is 0 Å². The van der Waals surface area contributed by atoms with E-state index in [9.17, 15) is 18.4 Å². The Morgan fingerprint density at radius 2 is 2.13 bits per heavy atom. The van der Waals surface area contributed by atoms with Crippen molar-refractivity contribution in [3.8, 4) is 0 Å². The van der Waals surface area contributed by atoms with Crippen LogP contribution in [0.3, 0.4) is 0 Å². The van der Waals surface area contributed by atoms with Crippen LogP contribution in [-0.2, 0) is 0 Å². The average molecular weight is 416 g/mol. The summed E-state index contributed by atoms with van der Waals surface area (Å²) >= 11 is 0. The number of allylic oxidation sites excluding steroid dienone is 4. The van der Waals surface area contributed by atoms with E-state index in [1.807, 2.05) is 0 Å². The van der Waals surface area contributed by atoms with Crippen molar-refractivity contribution in [3.05, 3.63) is 83.0 Å². The second kappa shape index (κ2) is 7.39. The molecule has 2 aromatic heterocycles. The highest BCUT2D eigenvalue weighted by Crippen LogP contribution is 2.28. The van der Waals surface area contributed by atoms with Crippen LogP contribution in [0, 0.1) is 5.21 Å². The van der Waals surface area contributed by atoms with Crippen molar-refractivity contribution in [1.29, 1.82) is 0 Å². The summed E-state index contributed by atoms with van der Waals surface area (Å²) in [4.78, 5) is 8.81. The standard InChI is InChI=1S/C18H15F3N8O/c1-28(30)26-15-10-11(7-8-22-15)23-17-13-5-3-9-29(13)27-16(25-17)12-4-2-6-14(24-12)18(19,20)21/h2-10,24,27H,1H3,(H,22,23,25). The number of azo groups is 1. The number of rotatable bonds is 2. The Morgan fingerprint density at radius 1 is 1.30 bits per heavy atom. The zero-order valence-corrected chi connectivity index (χ0v) is 15.5. The van der Waals surface area contributed by atoms with Crippen molar-refractivity contribution in [2.24, 2.45) is 10.1 Å². The predicted molar refractivity (Wildman–Crippen MR) is 103 cm³/mol. The molecule has 30 heavy (non-hydrogen) atoms. The van der Waals surface area contributed by atoms with Gasteiger partial charge in [0, 0.05) is 29.3 Å². The zero-order chi connectivity index (χ0) is 21.3. The second-order valence-electron chi connectivity index (χ2n) is 6.25. The van der Waals surface area contributed by atoms with E-state index in [1.54, 1.807) is 35.1 Å². The van der Waals surface area contributed by atoms with Crippen LogP contribution in [0.1, 0.15) is 5.69 Å². The summed E-state index contributed by atoms with van der Waals surface area (Å²) < 4.78 is 40.8. The molecule has 2 aliphatic heterocycles. The van der Waals surface area contributed by atoms with Crippen LogP contribution in [0.25, 0.3) is 0 Å². The number of alkyl halides is 3. The van der Waals surface area contributed by atoms with E-state index < -0.39 is 11.9 Å². The van der Waals surface area contributed by atoms with Crippen molar-refractivity contribution in [1.82, 2.24) is 15.0 Å². The van der Waals surface area contributed by atoms with E-state index in [0.717, 1.165) is 6.08 Å². The highest BCUT2D eigenvalue weighted by molar-refractivity contribution is 6.08. The lowest BCUT2D eigenvalue weighted by Crippen LogP contribution is -2.33. The molecule has 0 unspecified atom stereocenters. The summed E-state index contributed by atoms with van der Waals surface area (Å²) in [6.07, 6.45) is 2.40. The maximum Gasteiger partial charge on any atom is 0.431 e. The molecule has 2 aliphatic rings. The van der Waals surface area contributed by atoms with Crippen LogP contribution in [0.4, 0.5) is 24.7 Å². The highest BCUT2D eigenvalue weighted by atomic mass is 19.4. The minimum Gasteiger partial charge on any atom is -0.600 e. The molecule has 2 aromatic rings. The van der Waals surface area contributed by atoms with Crippen molar-refractivity contribution in [3.63, 3.8) is 0 Å². The number of aromatic nitrogens is 2. The SMILES string of the molecule is C[N+]([O-])=Nc1cc(NC2=NC(=C3C=CC=C(C(F)(F)F)N3)Nn3cccc32)ccn1. The summed E-state index contributed by atoms with van der Waals surface area (Å²) in [6.45, 7) is 0. The van der Waals surface area contributed by atoms with Gasteiger partial charge >= 0.3 is 6.18 Å². The molecule has 0 spiro atoms. The third kappa shape index (κ3) is 4.01. The Morgan fingerprint density at radius 3 is 2.90 bits per heavy atom. The van der Waals surface area contributed by atoms with Gasteiger partial charge in [0.05, 0.1) is 5.70 Å². The lowest BCUT2D eigenvalue weighted by atomic mass is 10.2. The van der Waals surface area contributed by atoms with Crippen molar-refractivity contribution >= 4 is 17.3 Å². The largest absolute Gasteiger partial charge is 0.600 e. The van der Waals surface area contributed by atoms with Crippen molar-refractivity contribution in [2.45, 2.75) is 6.18 Å². The van der Waals surface area contributed by atoms with E-state index in [4.69, 9.17) is 0 Å². The summed E-state index contributed by atoms with van der Waals surface area (Å²) in [6, 6.07) is 6.74. The zero-order valence-electron chi connectivity index (χ0n) is 15.5. The fourth-order valence-electron chi connectivity index (χ4n) is 2.80. The van der Waals surface area contributed by atoms with Crippen molar-refractivity contribution < 1.29 is 18.0 Å². The summed E-state index contributed by atoms with van der Waals surface area (Å²) in [5.41, 5.74) is 3.42. The summed E-state index contributed by atoms with van der Waals surface area (Å²) in [5, 5.41) is 20.3. The lowest BCUT2D eigenvalue weighted by Gasteiger charge is -2.24. The van der Waals surface area contributed by atoms with Gasteiger partial charge in [-0.1, -0.05) is 10.9 Å². The number of amidine groups is 1. The van der Waals surface area contributed by atoms with Gasteiger partial charge < -0.3 is 15.8 Å². The normalized spacial score (nSPS) is 18.7. The number of nitrogens with zero attached hydrogens (tertiary/aromatic N) is 5. The molecule has 0 saturated carbocycles. The predicted octanol–water partition coefficient (Wildman–Crippen LogP) is 3.30. The Bertz CT molecular complexity index is 1140. The van der Waals surface area contributed by atoms with Crippen LogP contribution in [-0.4, -0.2) is 33.6 Å². The minimum absolute atomic E-state index is 0.155. The molecule has 0 fully saturated rings. The fraction of sp³-hybridized carbons (Fsp3) is 0.111. The topological polar surface area (TPSA) is 105 Å². The Kier molecular flexibility index (Phi) is 4.74. The Hall–Kier alpha value is -4.09. The average Bonchev–Trinajstić information content (AvgIpc) is 3.16. The Labute approximate surface area is 168 Å². The number of hydrogen-bond acceptors (Lipinski definition) is 7. The monoisotopic (exact) mass is 416 g/mol. The van der Waals surface area contributed by atoms with Gasteiger partial charge in [-0.15, -0.1) is 0 Å². The first-order chi connectivity index (χ1) is 14.3. The quantitative estimate of drug-likeness (QED) is 0.396. The van der Waals surface area contributed by atoms with E-state index in [-0.39, 0.29) is 17.3 Å². The molecule has 0 aromatic carbocycles. The molecule has 9 nitrogen and oxygen atoms in total. The third-order valence-corrected chi connectivity index (χ3v) is 4.05. The molecule has 4 heterocycles. The molecule has 0 aliphatic carbocycles. The number of fused-ring (bicyclic) bond motifs is 1. The van der Waals surface area contributed by atoms with Gasteiger partial charge in [0.1, 0.15) is 11.4 Å². The van der Waals surface area contributed by atoms with Gasteiger partial charge in [0.25, 0.3) is 0 Å². The van der Waals surface area contributed by atoms with Crippen LogP contribution in [0.2, 0.25) is 0 Å². The molecule has 0 atom stereocenters. The first-order valence-corrected chi connectivity index (χ1v) is 8.65. The summed E-state index contributed by atoms with van der Waals surface area (Å²) in [5.74, 6) is 0.760. The molecule has 12 heteroatoms. The number of nitrogens with one attached hydrogen (secondary N) is 3. The number of dihydropyridines is 1. The van der Waals surface area contributed by atoms with Crippen LogP contribution in [0.15, 0.2) is 82.2 Å². The number of pyridine rings is 1. The molecular formula is C18H15F3N8O. The highest BCUT2D eigenvalue weighted by Gasteiger charge is 2.35. The summed E-state index contributed by atoms with van der Waals surface area (Å²) in [7, 11) is 1.23. The number of anilines is 1.